The van der Waals surface area contributed by atoms with Crippen molar-refractivity contribution in [2.45, 2.75) is 4.75 Å². The first-order valence-corrected chi connectivity index (χ1v) is 10.9. The van der Waals surface area contributed by atoms with E-state index in [2.05, 4.69) is 0 Å². The maximum Gasteiger partial charge on any atom is 0.283 e. The highest BCUT2D eigenvalue weighted by atomic mass is 35.5. The van der Waals surface area contributed by atoms with Crippen LogP contribution in [0.4, 0.5) is 0 Å². The van der Waals surface area contributed by atoms with E-state index in [-0.39, 0.29) is 36.8 Å². The Morgan fingerprint density at radius 1 is 0.759 bits per heavy atom. The number of rotatable bonds is 4. The second-order valence-electron chi connectivity index (χ2n) is 6.06. The molecule has 5 nitrogen and oxygen atoms in total. The molecule has 10 heteroatoms. The third-order valence-corrected chi connectivity index (χ3v) is 7.26. The van der Waals surface area contributed by atoms with Gasteiger partial charge in [0.1, 0.15) is 16.5 Å². The van der Waals surface area contributed by atoms with E-state index in [4.69, 9.17) is 46.4 Å². The lowest BCUT2D eigenvalue weighted by Crippen LogP contribution is -2.39. The second-order valence-corrected chi connectivity index (χ2v) is 9.22. The van der Waals surface area contributed by atoms with Crippen molar-refractivity contribution in [2.75, 3.05) is 0 Å². The predicted molar refractivity (Wildman–Crippen MR) is 114 cm³/mol. The quantitative estimate of drug-likeness (QED) is 0.311. The highest BCUT2D eigenvalue weighted by Crippen LogP contribution is 2.52. The number of phenolic OH excluding ortho intramolecular Hbond substituents is 2. The molecule has 0 aromatic heterocycles. The molecule has 0 saturated heterocycles. The Bertz CT molecular complexity index is 1170. The monoisotopic (exact) mass is 492 g/mol. The lowest BCUT2D eigenvalue weighted by atomic mass is 9.83. The van der Waals surface area contributed by atoms with Crippen molar-refractivity contribution in [1.82, 2.24) is 0 Å². The van der Waals surface area contributed by atoms with Crippen molar-refractivity contribution in [3.8, 4) is 11.5 Å². The van der Waals surface area contributed by atoms with Gasteiger partial charge in [-0.05, 0) is 35.9 Å². The van der Waals surface area contributed by atoms with E-state index in [1.54, 1.807) is 0 Å². The molecule has 152 valence electrons. The maximum atomic E-state index is 13.0. The van der Waals surface area contributed by atoms with Gasteiger partial charge in [0.25, 0.3) is 10.1 Å². The molecule has 1 atom stereocenters. The lowest BCUT2D eigenvalue weighted by Gasteiger charge is -2.34. The zero-order valence-electron chi connectivity index (χ0n) is 14.3. The summed E-state index contributed by atoms with van der Waals surface area (Å²) in [6, 6.07) is 11.8. The summed E-state index contributed by atoms with van der Waals surface area (Å²) in [5.74, 6) is -1.01. The van der Waals surface area contributed by atoms with Gasteiger partial charge in [-0.25, -0.2) is 0 Å². The zero-order chi connectivity index (χ0) is 21.6. The molecule has 0 spiro atoms. The number of phenols is 2. The number of aromatic hydroxyl groups is 2. The summed E-state index contributed by atoms with van der Waals surface area (Å²) in [6.07, 6.45) is 0. The Morgan fingerprint density at radius 2 is 1.34 bits per heavy atom. The number of halogens is 4. The summed E-state index contributed by atoms with van der Waals surface area (Å²) in [5, 5.41) is 20.1. The van der Waals surface area contributed by atoms with Crippen LogP contribution in [0.5, 0.6) is 11.5 Å². The molecule has 0 saturated carbocycles. The molecule has 0 radical (unpaired) electrons. The smallest absolute Gasteiger partial charge is 0.283 e. The van der Waals surface area contributed by atoms with Gasteiger partial charge in [-0.3, -0.25) is 4.55 Å². The summed E-state index contributed by atoms with van der Waals surface area (Å²) in [5.41, 5.74) is -0.719. The molecule has 0 heterocycles. The minimum absolute atomic E-state index is 0.107. The van der Waals surface area contributed by atoms with E-state index in [1.807, 2.05) is 0 Å². The normalized spacial score (nSPS) is 13.8. The van der Waals surface area contributed by atoms with Crippen LogP contribution < -0.4 is 0 Å². The molecule has 29 heavy (non-hydrogen) atoms. The van der Waals surface area contributed by atoms with Crippen molar-refractivity contribution in [1.29, 1.82) is 0 Å². The van der Waals surface area contributed by atoms with Crippen molar-refractivity contribution >= 4 is 56.5 Å². The average Bonchev–Trinajstić information content (AvgIpc) is 2.62. The van der Waals surface area contributed by atoms with Gasteiger partial charge in [-0.1, -0.05) is 70.7 Å². The van der Waals surface area contributed by atoms with Crippen LogP contribution in [0, 0.1) is 0 Å². The molecule has 0 fully saturated rings. The van der Waals surface area contributed by atoms with Gasteiger partial charge in [-0.2, -0.15) is 8.42 Å². The van der Waals surface area contributed by atoms with Gasteiger partial charge in [0.2, 0.25) is 0 Å². The molecule has 0 aliphatic heterocycles. The fourth-order valence-electron chi connectivity index (χ4n) is 3.23. The van der Waals surface area contributed by atoms with Crippen LogP contribution in [-0.4, -0.2) is 23.2 Å². The Kier molecular flexibility index (Phi) is 5.98. The van der Waals surface area contributed by atoms with Crippen molar-refractivity contribution in [3.05, 3.63) is 91.4 Å². The third kappa shape index (κ3) is 3.54. The van der Waals surface area contributed by atoms with Gasteiger partial charge in [0, 0.05) is 21.2 Å². The fraction of sp³-hybridized carbons (Fsp3) is 0.0526. The number of hydrogen-bond donors (Lipinski definition) is 3. The van der Waals surface area contributed by atoms with Gasteiger partial charge in [0.15, 0.2) is 4.75 Å². The highest BCUT2D eigenvalue weighted by Gasteiger charge is 2.52. The summed E-state index contributed by atoms with van der Waals surface area (Å²) < 4.78 is 33.9. The first kappa shape index (κ1) is 22.0. The van der Waals surface area contributed by atoms with Crippen LogP contribution in [0.15, 0.2) is 54.6 Å². The lowest BCUT2D eigenvalue weighted by molar-refractivity contribution is 0.439. The van der Waals surface area contributed by atoms with E-state index < -0.39 is 26.4 Å². The van der Waals surface area contributed by atoms with Crippen LogP contribution in [-0.2, 0) is 14.9 Å². The molecule has 0 bridgehead atoms. The average molecular weight is 494 g/mol. The topological polar surface area (TPSA) is 94.8 Å². The molecule has 3 aromatic rings. The Labute approximate surface area is 186 Å². The van der Waals surface area contributed by atoms with E-state index in [0.717, 1.165) is 12.1 Å². The minimum Gasteiger partial charge on any atom is -0.508 e. The van der Waals surface area contributed by atoms with Crippen LogP contribution in [0.3, 0.4) is 0 Å². The van der Waals surface area contributed by atoms with Gasteiger partial charge in [-0.15, -0.1) is 0 Å². The summed E-state index contributed by atoms with van der Waals surface area (Å²) in [4.78, 5) is 0. The number of benzene rings is 3. The zero-order valence-corrected chi connectivity index (χ0v) is 18.1. The van der Waals surface area contributed by atoms with E-state index in [9.17, 15) is 23.2 Å². The molecule has 0 amide bonds. The molecular formula is C19H12Cl4O5S. The predicted octanol–water partition coefficient (Wildman–Crippen LogP) is 5.89. The van der Waals surface area contributed by atoms with E-state index in [0.29, 0.717) is 0 Å². The molecule has 3 N–H and O–H groups in total. The first-order valence-electron chi connectivity index (χ1n) is 7.90. The van der Waals surface area contributed by atoms with Crippen molar-refractivity contribution < 1.29 is 23.2 Å². The standard InChI is InChI=1S/C19H12Cl4O5S/c20-12-5-3-6-13(21)17(12)19(29(26,27)28,11-4-1-2-7-15(11)24)10-8-14(22)18(23)16(25)9-10/h1-9,24-25H,(H,26,27,28). The summed E-state index contributed by atoms with van der Waals surface area (Å²) >= 11 is 24.6. The highest BCUT2D eigenvalue weighted by molar-refractivity contribution is 7.87. The largest absolute Gasteiger partial charge is 0.508 e. The van der Waals surface area contributed by atoms with Gasteiger partial charge < -0.3 is 10.2 Å². The Balaban J connectivity index is 2.66. The van der Waals surface area contributed by atoms with E-state index in [1.165, 1.54) is 42.5 Å². The minimum atomic E-state index is -5.14. The number of para-hydroxylation sites is 1. The fourth-order valence-corrected chi connectivity index (χ4v) is 5.70. The van der Waals surface area contributed by atoms with Crippen LogP contribution in [0.25, 0.3) is 0 Å². The molecule has 3 aromatic carbocycles. The third-order valence-electron chi connectivity index (χ3n) is 4.40. The second kappa shape index (κ2) is 7.87. The molecular weight excluding hydrogens is 482 g/mol. The van der Waals surface area contributed by atoms with Crippen molar-refractivity contribution in [3.63, 3.8) is 0 Å². The van der Waals surface area contributed by atoms with Crippen LogP contribution in [0.1, 0.15) is 16.7 Å². The SMILES string of the molecule is O=S(=O)(O)C(c1cc(O)c(Cl)c(Cl)c1)(c1ccccc1O)c1c(Cl)cccc1Cl. The van der Waals surface area contributed by atoms with Crippen LogP contribution in [0.2, 0.25) is 20.1 Å². The summed E-state index contributed by atoms with van der Waals surface area (Å²) in [6.45, 7) is 0. The number of hydrogen-bond acceptors (Lipinski definition) is 4. The first-order chi connectivity index (χ1) is 13.5. The molecule has 0 aliphatic carbocycles. The molecule has 1 unspecified atom stereocenters. The van der Waals surface area contributed by atoms with Crippen LogP contribution >= 0.6 is 46.4 Å². The Hall–Kier alpha value is -1.67. The Morgan fingerprint density at radius 3 is 1.86 bits per heavy atom. The summed E-state index contributed by atoms with van der Waals surface area (Å²) in [7, 11) is -5.14. The maximum absolute atomic E-state index is 13.0. The molecule has 0 aliphatic rings. The van der Waals surface area contributed by atoms with Crippen molar-refractivity contribution in [2.24, 2.45) is 0 Å². The van der Waals surface area contributed by atoms with E-state index >= 15 is 0 Å². The van der Waals surface area contributed by atoms with Gasteiger partial charge >= 0.3 is 0 Å². The molecule has 3 rings (SSSR count). The van der Waals surface area contributed by atoms with Gasteiger partial charge in [0.05, 0.1) is 5.02 Å².